The Hall–Kier alpha value is -7.72. The molecule has 4 aliphatic heterocycles. The lowest BCUT2D eigenvalue weighted by molar-refractivity contribution is -0.179. The molecule has 12 nitrogen and oxygen atoms in total. The third kappa shape index (κ3) is 8.88. The fourth-order valence-corrected chi connectivity index (χ4v) is 11.4. The molecule has 10 rings (SSSR count). The van der Waals surface area contributed by atoms with E-state index in [2.05, 4.69) is 22.1 Å². The number of likely N-dealkylation sites (tertiary alicyclic amines) is 1. The predicted octanol–water partition coefficient (Wildman–Crippen LogP) is 9.40. The molecule has 3 saturated heterocycles. The van der Waals surface area contributed by atoms with Crippen LogP contribution in [0.4, 0.5) is 10.5 Å². The number of cyclic esters (lactones) is 1. The van der Waals surface area contributed by atoms with Gasteiger partial charge in [-0.15, -0.1) is 0 Å². The molecule has 0 radical (unpaired) electrons. The van der Waals surface area contributed by atoms with Crippen molar-refractivity contribution >= 4 is 29.5 Å². The number of esters is 1. The highest BCUT2D eigenvalue weighted by Gasteiger charge is 2.76. The smallest absolute Gasteiger partial charge is 0.329 e. The molecule has 4 heterocycles. The van der Waals surface area contributed by atoms with E-state index in [0.717, 1.165) is 54.4 Å². The molecule has 12 heteroatoms. The van der Waals surface area contributed by atoms with E-state index in [4.69, 9.17) is 14.2 Å². The van der Waals surface area contributed by atoms with E-state index in [1.54, 1.807) is 31.4 Å². The first-order valence-corrected chi connectivity index (χ1v) is 24.9. The number of nitrogens with zero attached hydrogens (tertiary/aromatic N) is 3. The number of anilines is 1. The number of hydrogen-bond acceptors (Lipinski definition) is 9. The van der Waals surface area contributed by atoms with Crippen LogP contribution >= 0.6 is 0 Å². The molecule has 0 unspecified atom stereocenters. The number of methoxy groups -OCH3 is 1. The van der Waals surface area contributed by atoms with Gasteiger partial charge in [0.05, 0.1) is 43.4 Å². The van der Waals surface area contributed by atoms with Gasteiger partial charge in [-0.3, -0.25) is 19.3 Å². The standard InChI is InChI=1S/C60H58N4O8/c1-40(43-17-9-6-10-18-43)61-59(69)63-50-34-27-42(24-23-41-25-30-47(70-2)31-26-41)39-49(50)60(58(63)68)51(56(66)62-35-15-4-3-5-16-36-62)53-57(67)72-54(45-21-13-8-14-22-45)52(44-19-11-7-12-20-44)64(53)55(60)46-28-32-48(33-29-46)71-38-37-65/h6-14,17-22,25-34,39-40,51-55,65H,3-5,15-16,35-38H2,1-2H3,(H,61,69)/t40-,51-,52-,53-,54+,55+,60-/m1/s1. The number of urea groups is 1. The number of amides is 4. The predicted molar refractivity (Wildman–Crippen MR) is 273 cm³/mol. The molecule has 7 atom stereocenters. The van der Waals surface area contributed by atoms with Gasteiger partial charge in [-0.25, -0.2) is 9.69 Å². The van der Waals surface area contributed by atoms with Crippen LogP contribution in [0.3, 0.4) is 0 Å². The van der Waals surface area contributed by atoms with E-state index in [1.807, 2.05) is 145 Å². The Morgan fingerprint density at radius 1 is 0.722 bits per heavy atom. The molecular formula is C60H58N4O8. The van der Waals surface area contributed by atoms with Gasteiger partial charge in [0.1, 0.15) is 35.7 Å². The van der Waals surface area contributed by atoms with E-state index >= 15 is 19.2 Å². The molecule has 3 fully saturated rings. The van der Waals surface area contributed by atoms with Gasteiger partial charge in [0.2, 0.25) is 11.8 Å². The van der Waals surface area contributed by atoms with Crippen LogP contribution in [0, 0.1) is 17.8 Å². The average molecular weight is 963 g/mol. The molecule has 0 aromatic heterocycles. The summed E-state index contributed by atoms with van der Waals surface area (Å²) in [7, 11) is 1.60. The van der Waals surface area contributed by atoms with Gasteiger partial charge in [-0.05, 0) is 102 Å². The quantitative estimate of drug-likeness (QED) is 0.102. The monoisotopic (exact) mass is 962 g/mol. The Balaban J connectivity index is 1.26. The number of fused-ring (bicyclic) bond motifs is 3. The maximum absolute atomic E-state index is 16.9. The van der Waals surface area contributed by atoms with Crippen LogP contribution in [0.25, 0.3) is 0 Å². The number of carbonyl (C=O) groups is 4. The van der Waals surface area contributed by atoms with Crippen molar-refractivity contribution < 1.29 is 38.5 Å². The van der Waals surface area contributed by atoms with Gasteiger partial charge < -0.3 is 29.5 Å². The lowest BCUT2D eigenvalue weighted by atomic mass is 9.64. The zero-order valence-electron chi connectivity index (χ0n) is 40.5. The van der Waals surface area contributed by atoms with Gasteiger partial charge >= 0.3 is 12.0 Å². The molecule has 0 bridgehead atoms. The number of carbonyl (C=O) groups excluding carboxylic acids is 4. The molecule has 366 valence electrons. The van der Waals surface area contributed by atoms with Crippen molar-refractivity contribution in [1.29, 1.82) is 0 Å². The zero-order chi connectivity index (χ0) is 49.8. The average Bonchev–Trinajstić information content (AvgIpc) is 3.86. The van der Waals surface area contributed by atoms with E-state index in [0.29, 0.717) is 41.3 Å². The lowest BCUT2D eigenvalue weighted by Crippen LogP contribution is -2.57. The number of aliphatic hydroxyl groups is 1. The van der Waals surface area contributed by atoms with Crippen LogP contribution in [0.15, 0.2) is 158 Å². The largest absolute Gasteiger partial charge is 0.497 e. The fourth-order valence-electron chi connectivity index (χ4n) is 11.4. The van der Waals surface area contributed by atoms with Crippen LogP contribution in [-0.4, -0.2) is 78.2 Å². The minimum Gasteiger partial charge on any atom is -0.497 e. The highest BCUT2D eigenvalue weighted by atomic mass is 16.6. The summed E-state index contributed by atoms with van der Waals surface area (Å²) in [6.07, 6.45) is 3.56. The van der Waals surface area contributed by atoms with Crippen LogP contribution in [0.5, 0.6) is 11.5 Å². The highest BCUT2D eigenvalue weighted by molar-refractivity contribution is 6.24. The SMILES string of the molecule is COc1ccc(C#Cc2ccc3c(c2)[C@]2(C(=O)N3C(=O)N[C@H](C)c3ccccc3)[C@H](c3ccc(OCCO)cc3)N3[C@H](c4ccccc4)[C@H](c4ccccc4)OC(=O)[C@H]3[C@@H]2C(=O)N2CCCCCCC2)cc1. The second-order valence-electron chi connectivity index (χ2n) is 18.9. The summed E-state index contributed by atoms with van der Waals surface area (Å²) in [6, 6.07) is 44.6. The molecule has 0 saturated carbocycles. The van der Waals surface area contributed by atoms with Gasteiger partial charge in [-0.2, -0.15) is 0 Å². The summed E-state index contributed by atoms with van der Waals surface area (Å²) in [5.41, 5.74) is 3.00. The first kappa shape index (κ1) is 47.9. The van der Waals surface area contributed by atoms with E-state index in [9.17, 15) is 5.11 Å². The number of rotatable bonds is 10. The van der Waals surface area contributed by atoms with Crippen molar-refractivity contribution in [1.82, 2.24) is 15.1 Å². The third-order valence-corrected chi connectivity index (χ3v) is 14.7. The maximum Gasteiger partial charge on any atom is 0.329 e. The van der Waals surface area contributed by atoms with Crippen molar-refractivity contribution in [2.45, 2.75) is 74.7 Å². The topological polar surface area (TPSA) is 138 Å². The summed E-state index contributed by atoms with van der Waals surface area (Å²) in [4.78, 5) is 69.2. The number of benzene rings is 6. The Kier molecular flexibility index (Phi) is 13.9. The fraction of sp³-hybridized carbons (Fsp3) is 0.300. The van der Waals surface area contributed by atoms with Crippen LogP contribution in [0.1, 0.15) is 102 Å². The number of aliphatic hydroxyl groups excluding tert-OH is 1. The van der Waals surface area contributed by atoms with Gasteiger partial charge in [-0.1, -0.05) is 134 Å². The molecule has 4 aliphatic rings. The van der Waals surface area contributed by atoms with Gasteiger partial charge in [0.15, 0.2) is 0 Å². The lowest BCUT2D eigenvalue weighted by Gasteiger charge is -2.46. The van der Waals surface area contributed by atoms with Crippen molar-refractivity contribution in [2.24, 2.45) is 5.92 Å². The van der Waals surface area contributed by atoms with Crippen LogP contribution in [0.2, 0.25) is 0 Å². The number of imide groups is 1. The summed E-state index contributed by atoms with van der Waals surface area (Å²) in [5, 5.41) is 12.8. The number of ether oxygens (including phenoxy) is 3. The van der Waals surface area contributed by atoms with Crippen LogP contribution in [-0.2, 0) is 24.5 Å². The van der Waals surface area contributed by atoms with Gasteiger partial charge in [0, 0.05) is 24.2 Å². The molecule has 72 heavy (non-hydrogen) atoms. The third-order valence-electron chi connectivity index (χ3n) is 14.7. The summed E-state index contributed by atoms with van der Waals surface area (Å²) in [5.74, 6) is 4.74. The molecule has 4 amide bonds. The second-order valence-corrected chi connectivity index (χ2v) is 18.9. The van der Waals surface area contributed by atoms with Crippen molar-refractivity contribution in [3.05, 3.63) is 197 Å². The first-order valence-electron chi connectivity index (χ1n) is 24.9. The van der Waals surface area contributed by atoms with Crippen molar-refractivity contribution in [3.8, 4) is 23.3 Å². The number of hydrogen-bond donors (Lipinski definition) is 2. The Morgan fingerprint density at radius 2 is 1.32 bits per heavy atom. The zero-order valence-corrected chi connectivity index (χ0v) is 40.5. The van der Waals surface area contributed by atoms with Crippen molar-refractivity contribution in [3.63, 3.8) is 0 Å². The van der Waals surface area contributed by atoms with Crippen LogP contribution < -0.4 is 19.7 Å². The first-order chi connectivity index (χ1) is 35.2. The maximum atomic E-state index is 16.9. The normalized spacial score (nSPS) is 23.1. The van der Waals surface area contributed by atoms with E-state index in [-0.39, 0.29) is 24.8 Å². The molecule has 0 aliphatic carbocycles. The molecule has 1 spiro atoms. The molecule has 6 aromatic rings. The Labute approximate surface area is 420 Å². The molecule has 2 N–H and O–H groups in total. The summed E-state index contributed by atoms with van der Waals surface area (Å²) >= 11 is 0. The highest BCUT2D eigenvalue weighted by Crippen LogP contribution is 2.66. The Bertz CT molecular complexity index is 2970. The molecule has 6 aromatic carbocycles. The second kappa shape index (κ2) is 20.9. The summed E-state index contributed by atoms with van der Waals surface area (Å²) < 4.78 is 18.0. The van der Waals surface area contributed by atoms with Crippen molar-refractivity contribution in [2.75, 3.05) is 38.3 Å². The minimum atomic E-state index is -1.93. The van der Waals surface area contributed by atoms with Gasteiger partial charge in [0.25, 0.3) is 0 Å². The molecular weight excluding hydrogens is 905 g/mol. The Morgan fingerprint density at radius 3 is 1.97 bits per heavy atom. The number of morpholine rings is 1. The van der Waals surface area contributed by atoms with E-state index < -0.39 is 59.5 Å². The minimum absolute atomic E-state index is 0.0612. The van der Waals surface area contributed by atoms with E-state index in [1.165, 1.54) is 4.90 Å². The summed E-state index contributed by atoms with van der Waals surface area (Å²) in [6.45, 7) is 2.61. The number of nitrogens with one attached hydrogen (secondary N) is 1.